The van der Waals surface area contributed by atoms with Gasteiger partial charge in [0, 0.05) is 18.1 Å². The van der Waals surface area contributed by atoms with Crippen LogP contribution in [0, 0.1) is 0 Å². The van der Waals surface area contributed by atoms with E-state index in [-0.39, 0.29) is 17.7 Å². The first kappa shape index (κ1) is 16.3. The van der Waals surface area contributed by atoms with E-state index in [2.05, 4.69) is 0 Å². The Labute approximate surface area is 117 Å². The van der Waals surface area contributed by atoms with Crippen LogP contribution in [0.3, 0.4) is 0 Å². The molecule has 0 aromatic heterocycles. The predicted molar refractivity (Wildman–Crippen MR) is 78.1 cm³/mol. The van der Waals surface area contributed by atoms with Gasteiger partial charge in [-0.1, -0.05) is 12.8 Å². The SMILES string of the molecule is CC(C)(N)CC1CCCCCN1C(=O)OC(C)(C)C. The Balaban J connectivity index is 2.76. The summed E-state index contributed by atoms with van der Waals surface area (Å²) in [6.45, 7) is 10.5. The predicted octanol–water partition coefficient (Wildman–Crippen LogP) is 3.29. The summed E-state index contributed by atoms with van der Waals surface area (Å²) in [6.07, 6.45) is 5.07. The van der Waals surface area contributed by atoms with Gasteiger partial charge in [0.1, 0.15) is 5.60 Å². The first-order valence-electron chi connectivity index (χ1n) is 7.37. The first-order chi connectivity index (χ1) is 8.58. The second kappa shape index (κ2) is 6.12. The lowest BCUT2D eigenvalue weighted by atomic mass is 9.93. The summed E-state index contributed by atoms with van der Waals surface area (Å²) in [7, 11) is 0. The van der Waals surface area contributed by atoms with Crippen LogP contribution < -0.4 is 5.73 Å². The minimum absolute atomic E-state index is 0.191. The van der Waals surface area contributed by atoms with Crippen molar-refractivity contribution in [3.05, 3.63) is 0 Å². The maximum Gasteiger partial charge on any atom is 0.410 e. The Bertz CT molecular complexity index is 302. The average Bonchev–Trinajstić information content (AvgIpc) is 2.37. The average molecular weight is 270 g/mol. The van der Waals surface area contributed by atoms with E-state index in [1.54, 1.807) is 0 Å². The Kier molecular flexibility index (Phi) is 5.25. The highest BCUT2D eigenvalue weighted by atomic mass is 16.6. The Morgan fingerprint density at radius 1 is 1.21 bits per heavy atom. The highest BCUT2D eigenvalue weighted by Crippen LogP contribution is 2.25. The Morgan fingerprint density at radius 3 is 2.37 bits per heavy atom. The number of carbonyl (C=O) groups excluding carboxylic acids is 1. The molecule has 1 saturated heterocycles. The molecule has 1 rings (SSSR count). The molecule has 4 nitrogen and oxygen atoms in total. The van der Waals surface area contributed by atoms with Crippen molar-refractivity contribution in [1.29, 1.82) is 0 Å². The summed E-state index contributed by atoms with van der Waals surface area (Å²) in [6, 6.07) is 0.206. The third kappa shape index (κ3) is 6.28. The van der Waals surface area contributed by atoms with Crippen molar-refractivity contribution in [3.8, 4) is 0 Å². The number of rotatable bonds is 2. The fourth-order valence-electron chi connectivity index (χ4n) is 2.56. The third-order valence-corrected chi connectivity index (χ3v) is 3.27. The van der Waals surface area contributed by atoms with Gasteiger partial charge in [-0.15, -0.1) is 0 Å². The highest BCUT2D eigenvalue weighted by molar-refractivity contribution is 5.68. The Morgan fingerprint density at radius 2 is 1.84 bits per heavy atom. The summed E-state index contributed by atoms with van der Waals surface area (Å²) < 4.78 is 5.52. The van der Waals surface area contributed by atoms with Crippen molar-refractivity contribution in [2.45, 2.75) is 83.9 Å². The van der Waals surface area contributed by atoms with Crippen molar-refractivity contribution >= 4 is 6.09 Å². The molecule has 0 saturated carbocycles. The zero-order chi connectivity index (χ0) is 14.7. The summed E-state index contributed by atoms with van der Waals surface area (Å²) in [4.78, 5) is 14.2. The van der Waals surface area contributed by atoms with Gasteiger partial charge < -0.3 is 15.4 Å². The van der Waals surface area contributed by atoms with Gasteiger partial charge in [-0.2, -0.15) is 0 Å². The van der Waals surface area contributed by atoms with Crippen LogP contribution in [0.4, 0.5) is 4.79 Å². The van der Waals surface area contributed by atoms with E-state index in [0.717, 1.165) is 25.8 Å². The molecule has 1 unspecified atom stereocenters. The molecule has 1 aliphatic rings. The van der Waals surface area contributed by atoms with Crippen LogP contribution in [0.1, 0.15) is 66.7 Å². The van der Waals surface area contributed by atoms with E-state index < -0.39 is 5.60 Å². The normalized spacial score (nSPS) is 22.0. The van der Waals surface area contributed by atoms with Crippen LogP contribution in [0.2, 0.25) is 0 Å². The fraction of sp³-hybridized carbons (Fsp3) is 0.933. The molecule has 0 aromatic carbocycles. The van der Waals surface area contributed by atoms with Gasteiger partial charge in [0.2, 0.25) is 0 Å². The maximum atomic E-state index is 12.3. The smallest absolute Gasteiger partial charge is 0.410 e. The standard InChI is InChI=1S/C15H30N2O2/c1-14(2,3)19-13(18)17-10-8-6-7-9-12(17)11-15(4,5)16/h12H,6-11,16H2,1-5H3. The van der Waals surface area contributed by atoms with E-state index in [1.165, 1.54) is 12.8 Å². The summed E-state index contributed by atoms with van der Waals surface area (Å²) in [5.74, 6) is 0. The van der Waals surface area contributed by atoms with Crippen LogP contribution in [0.25, 0.3) is 0 Å². The van der Waals surface area contributed by atoms with E-state index in [0.29, 0.717) is 0 Å². The Hall–Kier alpha value is -0.770. The molecule has 0 bridgehead atoms. The topological polar surface area (TPSA) is 55.6 Å². The molecule has 1 amide bonds. The molecule has 1 heterocycles. The van der Waals surface area contributed by atoms with Crippen molar-refractivity contribution < 1.29 is 9.53 Å². The van der Waals surface area contributed by atoms with Crippen LogP contribution in [0.15, 0.2) is 0 Å². The lowest BCUT2D eigenvalue weighted by molar-refractivity contribution is 0.0142. The number of ether oxygens (including phenoxy) is 1. The lowest BCUT2D eigenvalue weighted by Crippen LogP contribution is -2.48. The van der Waals surface area contributed by atoms with Crippen molar-refractivity contribution in [1.82, 2.24) is 4.90 Å². The number of likely N-dealkylation sites (tertiary alicyclic amines) is 1. The number of carbonyl (C=O) groups is 1. The van der Waals surface area contributed by atoms with Gasteiger partial charge in [-0.25, -0.2) is 4.79 Å². The second-order valence-electron chi connectivity index (χ2n) is 7.37. The van der Waals surface area contributed by atoms with Gasteiger partial charge in [0.15, 0.2) is 0 Å². The highest BCUT2D eigenvalue weighted by Gasteiger charge is 2.31. The van der Waals surface area contributed by atoms with E-state index in [1.807, 2.05) is 39.5 Å². The lowest BCUT2D eigenvalue weighted by Gasteiger charge is -2.35. The molecule has 4 heteroatoms. The number of hydrogen-bond acceptors (Lipinski definition) is 3. The van der Waals surface area contributed by atoms with Crippen molar-refractivity contribution in [2.24, 2.45) is 5.73 Å². The number of amides is 1. The quantitative estimate of drug-likeness (QED) is 0.837. The van der Waals surface area contributed by atoms with E-state index >= 15 is 0 Å². The molecule has 19 heavy (non-hydrogen) atoms. The molecule has 1 aliphatic heterocycles. The fourth-order valence-corrected chi connectivity index (χ4v) is 2.56. The molecular weight excluding hydrogens is 240 g/mol. The molecule has 1 fully saturated rings. The van der Waals surface area contributed by atoms with Crippen LogP contribution >= 0.6 is 0 Å². The van der Waals surface area contributed by atoms with Crippen LogP contribution in [-0.4, -0.2) is 34.7 Å². The summed E-state index contributed by atoms with van der Waals surface area (Å²) in [5, 5.41) is 0. The molecule has 1 atom stereocenters. The van der Waals surface area contributed by atoms with Crippen molar-refractivity contribution in [3.63, 3.8) is 0 Å². The van der Waals surface area contributed by atoms with Gasteiger partial charge in [0.05, 0.1) is 0 Å². The molecule has 0 aromatic rings. The van der Waals surface area contributed by atoms with Gasteiger partial charge in [0.25, 0.3) is 0 Å². The number of hydrogen-bond donors (Lipinski definition) is 1. The summed E-state index contributed by atoms with van der Waals surface area (Å²) in [5.41, 5.74) is 5.44. The second-order valence-corrected chi connectivity index (χ2v) is 7.37. The maximum absolute atomic E-state index is 12.3. The number of nitrogens with two attached hydrogens (primary N) is 1. The van der Waals surface area contributed by atoms with E-state index in [9.17, 15) is 4.79 Å². The van der Waals surface area contributed by atoms with Crippen molar-refractivity contribution in [2.75, 3.05) is 6.54 Å². The van der Waals surface area contributed by atoms with Gasteiger partial charge in [-0.05, 0) is 53.9 Å². The van der Waals surface area contributed by atoms with Gasteiger partial charge >= 0.3 is 6.09 Å². The summed E-state index contributed by atoms with van der Waals surface area (Å²) >= 11 is 0. The minimum Gasteiger partial charge on any atom is -0.444 e. The van der Waals surface area contributed by atoms with Crippen LogP contribution in [0.5, 0.6) is 0 Å². The monoisotopic (exact) mass is 270 g/mol. The zero-order valence-corrected chi connectivity index (χ0v) is 13.2. The number of nitrogens with zero attached hydrogens (tertiary/aromatic N) is 1. The largest absolute Gasteiger partial charge is 0.444 e. The zero-order valence-electron chi connectivity index (χ0n) is 13.2. The first-order valence-corrected chi connectivity index (χ1v) is 7.37. The molecular formula is C15H30N2O2. The van der Waals surface area contributed by atoms with Gasteiger partial charge in [-0.3, -0.25) is 0 Å². The third-order valence-electron chi connectivity index (χ3n) is 3.27. The molecule has 112 valence electrons. The molecule has 0 radical (unpaired) electrons. The molecule has 2 N–H and O–H groups in total. The minimum atomic E-state index is -0.438. The molecule has 0 spiro atoms. The molecule has 0 aliphatic carbocycles. The van der Waals surface area contributed by atoms with Crippen LogP contribution in [-0.2, 0) is 4.74 Å². The van der Waals surface area contributed by atoms with E-state index in [4.69, 9.17) is 10.5 Å².